The SMILES string of the molecule is COc1ccccc1C(c1ccccc1OC)C(C)C. The van der Waals surface area contributed by atoms with Crippen molar-refractivity contribution in [2.45, 2.75) is 19.8 Å². The third-order valence-electron chi connectivity index (χ3n) is 3.61. The Bertz CT molecular complexity index is 513. The molecule has 0 spiro atoms. The zero-order valence-corrected chi connectivity index (χ0v) is 12.6. The summed E-state index contributed by atoms with van der Waals surface area (Å²) in [5.74, 6) is 2.55. The predicted octanol–water partition coefficient (Wildman–Crippen LogP) is 4.49. The van der Waals surface area contributed by atoms with Crippen LogP contribution in [0.5, 0.6) is 11.5 Å². The lowest BCUT2D eigenvalue weighted by molar-refractivity contribution is 0.390. The van der Waals surface area contributed by atoms with E-state index in [-0.39, 0.29) is 5.92 Å². The summed E-state index contributed by atoms with van der Waals surface area (Å²) in [6.07, 6.45) is 0. The molecule has 0 aliphatic carbocycles. The van der Waals surface area contributed by atoms with E-state index in [1.54, 1.807) is 14.2 Å². The highest BCUT2D eigenvalue weighted by Crippen LogP contribution is 2.40. The number of hydrogen-bond acceptors (Lipinski definition) is 2. The maximum atomic E-state index is 5.53. The molecule has 2 nitrogen and oxygen atoms in total. The third kappa shape index (κ3) is 2.79. The van der Waals surface area contributed by atoms with Gasteiger partial charge in [0.25, 0.3) is 0 Å². The minimum Gasteiger partial charge on any atom is -0.496 e. The Labute approximate surface area is 121 Å². The number of para-hydroxylation sites is 2. The van der Waals surface area contributed by atoms with E-state index in [2.05, 4.69) is 38.1 Å². The molecule has 2 heteroatoms. The van der Waals surface area contributed by atoms with Crippen molar-refractivity contribution in [3.8, 4) is 11.5 Å². The fourth-order valence-corrected chi connectivity index (χ4v) is 2.73. The zero-order chi connectivity index (χ0) is 14.5. The summed E-state index contributed by atoms with van der Waals surface area (Å²) in [6.45, 7) is 4.45. The highest BCUT2D eigenvalue weighted by atomic mass is 16.5. The van der Waals surface area contributed by atoms with Crippen molar-refractivity contribution in [2.24, 2.45) is 5.92 Å². The summed E-state index contributed by atoms with van der Waals surface area (Å²) in [7, 11) is 3.44. The maximum Gasteiger partial charge on any atom is 0.122 e. The molecule has 0 bridgehead atoms. The molecule has 2 aromatic carbocycles. The number of rotatable bonds is 5. The summed E-state index contributed by atoms with van der Waals surface area (Å²) < 4.78 is 11.1. The molecule has 0 atom stereocenters. The van der Waals surface area contributed by atoms with E-state index in [9.17, 15) is 0 Å². The molecule has 0 heterocycles. The second-order valence-electron chi connectivity index (χ2n) is 5.21. The smallest absolute Gasteiger partial charge is 0.122 e. The Morgan fingerprint density at radius 3 is 1.45 bits per heavy atom. The first-order valence-electron chi connectivity index (χ1n) is 6.94. The second kappa shape index (κ2) is 6.47. The summed E-state index contributed by atoms with van der Waals surface area (Å²) in [4.78, 5) is 0. The fraction of sp³-hybridized carbons (Fsp3) is 0.333. The van der Waals surface area contributed by atoms with Crippen LogP contribution in [0.25, 0.3) is 0 Å². The van der Waals surface area contributed by atoms with E-state index >= 15 is 0 Å². The van der Waals surface area contributed by atoms with Gasteiger partial charge >= 0.3 is 0 Å². The molecule has 0 aliphatic heterocycles. The highest BCUT2D eigenvalue weighted by Gasteiger charge is 2.24. The van der Waals surface area contributed by atoms with Crippen molar-refractivity contribution in [3.05, 3.63) is 59.7 Å². The van der Waals surface area contributed by atoms with E-state index in [0.717, 1.165) is 11.5 Å². The van der Waals surface area contributed by atoms with Gasteiger partial charge in [-0.3, -0.25) is 0 Å². The van der Waals surface area contributed by atoms with Crippen LogP contribution in [0.4, 0.5) is 0 Å². The molecule has 0 amide bonds. The molecule has 0 fully saturated rings. The molecule has 2 aromatic rings. The van der Waals surface area contributed by atoms with Crippen LogP contribution in [-0.2, 0) is 0 Å². The van der Waals surface area contributed by atoms with Gasteiger partial charge in [-0.1, -0.05) is 50.2 Å². The Morgan fingerprint density at radius 2 is 1.10 bits per heavy atom. The molecular weight excluding hydrogens is 248 g/mol. The van der Waals surface area contributed by atoms with Crippen LogP contribution in [0.1, 0.15) is 30.9 Å². The first-order valence-corrected chi connectivity index (χ1v) is 6.94. The summed E-state index contributed by atoms with van der Waals surface area (Å²) in [5, 5.41) is 0. The van der Waals surface area contributed by atoms with Crippen molar-refractivity contribution >= 4 is 0 Å². The fourth-order valence-electron chi connectivity index (χ4n) is 2.73. The van der Waals surface area contributed by atoms with Crippen molar-refractivity contribution in [1.29, 1.82) is 0 Å². The van der Waals surface area contributed by atoms with Gasteiger partial charge in [0, 0.05) is 17.0 Å². The first kappa shape index (κ1) is 14.4. The van der Waals surface area contributed by atoms with Crippen molar-refractivity contribution in [3.63, 3.8) is 0 Å². The van der Waals surface area contributed by atoms with Gasteiger partial charge in [0.05, 0.1) is 14.2 Å². The van der Waals surface area contributed by atoms with Gasteiger partial charge < -0.3 is 9.47 Å². The van der Waals surface area contributed by atoms with Crippen molar-refractivity contribution in [2.75, 3.05) is 14.2 Å². The molecule has 0 N–H and O–H groups in total. The number of benzene rings is 2. The molecule has 0 unspecified atom stereocenters. The lowest BCUT2D eigenvalue weighted by Gasteiger charge is -2.25. The summed E-state index contributed by atoms with van der Waals surface area (Å²) in [5.41, 5.74) is 2.41. The molecule has 0 aliphatic rings. The van der Waals surface area contributed by atoms with Gasteiger partial charge in [-0.05, 0) is 18.1 Å². The lowest BCUT2D eigenvalue weighted by atomic mass is 9.81. The molecule has 106 valence electrons. The lowest BCUT2D eigenvalue weighted by Crippen LogP contribution is -2.11. The minimum atomic E-state index is 0.252. The standard InChI is InChI=1S/C18H22O2/c1-13(2)18(14-9-5-7-11-16(14)19-3)15-10-6-8-12-17(15)20-4/h5-13,18H,1-4H3. The molecule has 0 aromatic heterocycles. The van der Waals surface area contributed by atoms with E-state index in [4.69, 9.17) is 9.47 Å². The third-order valence-corrected chi connectivity index (χ3v) is 3.61. The van der Waals surface area contributed by atoms with Gasteiger partial charge in [-0.25, -0.2) is 0 Å². The second-order valence-corrected chi connectivity index (χ2v) is 5.21. The monoisotopic (exact) mass is 270 g/mol. The van der Waals surface area contributed by atoms with Gasteiger partial charge in [0.2, 0.25) is 0 Å². The Balaban J connectivity index is 2.57. The van der Waals surface area contributed by atoms with Crippen LogP contribution in [0.2, 0.25) is 0 Å². The largest absolute Gasteiger partial charge is 0.496 e. The van der Waals surface area contributed by atoms with E-state index in [1.165, 1.54) is 11.1 Å². The topological polar surface area (TPSA) is 18.5 Å². The molecule has 2 rings (SSSR count). The quantitative estimate of drug-likeness (QED) is 0.797. The normalized spacial score (nSPS) is 10.9. The van der Waals surface area contributed by atoms with Gasteiger partial charge in [0.15, 0.2) is 0 Å². The van der Waals surface area contributed by atoms with Crippen LogP contribution in [0.15, 0.2) is 48.5 Å². The zero-order valence-electron chi connectivity index (χ0n) is 12.6. The average Bonchev–Trinajstić information content (AvgIpc) is 2.48. The van der Waals surface area contributed by atoms with Gasteiger partial charge in [0.1, 0.15) is 11.5 Å². The molecular formula is C18H22O2. The number of ether oxygens (including phenoxy) is 2. The maximum absolute atomic E-state index is 5.53. The molecule has 20 heavy (non-hydrogen) atoms. The minimum absolute atomic E-state index is 0.252. The van der Waals surface area contributed by atoms with Crippen LogP contribution in [-0.4, -0.2) is 14.2 Å². The summed E-state index contributed by atoms with van der Waals surface area (Å²) in [6, 6.07) is 16.4. The Hall–Kier alpha value is -1.96. The average molecular weight is 270 g/mol. The summed E-state index contributed by atoms with van der Waals surface area (Å²) >= 11 is 0. The van der Waals surface area contributed by atoms with Crippen LogP contribution in [0, 0.1) is 5.92 Å². The Kier molecular flexibility index (Phi) is 4.67. The van der Waals surface area contributed by atoms with Gasteiger partial charge in [-0.2, -0.15) is 0 Å². The molecule has 0 saturated carbocycles. The number of hydrogen-bond donors (Lipinski definition) is 0. The van der Waals surface area contributed by atoms with Crippen LogP contribution >= 0.6 is 0 Å². The van der Waals surface area contributed by atoms with E-state index < -0.39 is 0 Å². The number of methoxy groups -OCH3 is 2. The van der Waals surface area contributed by atoms with Crippen LogP contribution < -0.4 is 9.47 Å². The van der Waals surface area contributed by atoms with Crippen molar-refractivity contribution in [1.82, 2.24) is 0 Å². The van der Waals surface area contributed by atoms with Gasteiger partial charge in [-0.15, -0.1) is 0 Å². The first-order chi connectivity index (χ1) is 9.69. The van der Waals surface area contributed by atoms with Crippen molar-refractivity contribution < 1.29 is 9.47 Å². The molecule has 0 radical (unpaired) electrons. The van der Waals surface area contributed by atoms with E-state index in [1.807, 2.05) is 24.3 Å². The van der Waals surface area contributed by atoms with Crippen LogP contribution in [0.3, 0.4) is 0 Å². The molecule has 0 saturated heterocycles. The highest BCUT2D eigenvalue weighted by molar-refractivity contribution is 5.47. The predicted molar refractivity (Wildman–Crippen MR) is 82.7 cm³/mol. The van der Waals surface area contributed by atoms with E-state index in [0.29, 0.717) is 5.92 Å². The Morgan fingerprint density at radius 1 is 0.700 bits per heavy atom.